The van der Waals surface area contributed by atoms with Crippen LogP contribution < -0.4 is 21.9 Å². The Morgan fingerprint density at radius 2 is 0.608 bits per heavy atom. The van der Waals surface area contributed by atoms with E-state index < -0.39 is 205 Å². The van der Waals surface area contributed by atoms with Crippen LogP contribution in [0.25, 0.3) is 10.8 Å². The number of rotatable bonds is 6. The maximum atomic E-state index is 14.2. The van der Waals surface area contributed by atoms with Gasteiger partial charge in [-0.3, -0.25) is 0 Å². The second kappa shape index (κ2) is 21.2. The quantitative estimate of drug-likeness (QED) is 0.0702. The highest BCUT2D eigenvalue weighted by atomic mass is 32.2. The van der Waals surface area contributed by atoms with Crippen LogP contribution in [0.4, 0.5) is 105 Å². The maximum Gasteiger partial charge on any atom is 0.416 e. The lowest BCUT2D eigenvalue weighted by Crippen LogP contribution is -2.75. The Hall–Kier alpha value is -7.11. The van der Waals surface area contributed by atoms with Gasteiger partial charge in [-0.15, -0.1) is 0 Å². The van der Waals surface area contributed by atoms with Crippen molar-refractivity contribution >= 4 is 48.7 Å². The minimum absolute atomic E-state index is 0.484. The minimum atomic E-state index is -6.13. The van der Waals surface area contributed by atoms with E-state index in [9.17, 15) is 110 Å². The molecule has 0 saturated carbocycles. The van der Waals surface area contributed by atoms with Gasteiger partial charge in [0, 0.05) is 11.1 Å². The van der Waals surface area contributed by atoms with Crippen LogP contribution in [0.15, 0.2) is 146 Å². The van der Waals surface area contributed by atoms with Gasteiger partial charge in [0.15, 0.2) is 15.2 Å². The van der Waals surface area contributed by atoms with Gasteiger partial charge in [0.05, 0.1) is 44.5 Å². The minimum Gasteiger partial charge on any atom is -0.194 e. The third-order valence-corrected chi connectivity index (χ3v) is 13.3. The van der Waals surface area contributed by atoms with Crippen molar-refractivity contribution in [3.8, 4) is 11.2 Å². The molecule has 1 atom stereocenters. The summed E-state index contributed by atoms with van der Waals surface area (Å²) in [6, 6.07) is 15.3. The van der Waals surface area contributed by atoms with E-state index in [0.29, 0.717) is 5.75 Å². The first kappa shape index (κ1) is 61.1. The molecule has 0 aliphatic rings. The zero-order chi connectivity index (χ0) is 59.3. The number of fused-ring (bicyclic) bond motifs is 1. The fourth-order valence-electron chi connectivity index (χ4n) is 8.44. The van der Waals surface area contributed by atoms with E-state index >= 15 is 0 Å². The molecule has 0 aromatic heterocycles. The Morgan fingerprint density at radius 1 is 0.342 bits per heavy atom. The largest absolute Gasteiger partial charge is 0.416 e. The van der Waals surface area contributed by atoms with Crippen LogP contribution in [0.3, 0.4) is 0 Å². The summed E-state index contributed by atoms with van der Waals surface area (Å²) in [4.78, 5) is 0. The van der Waals surface area contributed by atoms with Crippen LogP contribution in [-0.2, 0) is 69.3 Å². The number of alkyl halides is 24. The molecule has 79 heavy (non-hydrogen) atoms. The summed E-state index contributed by atoms with van der Waals surface area (Å²) < 4.78 is 354. The standard InChI is InChI=1S/C32H12BF24.C20H17OS/c34-25(35,36)13-1-14(26(37,38)39)6-21(5-13)33(22-7-15(27(40,41)42)2-16(8-22)28(43,44)45,23-9-17(29(46,47)48)3-18(10-23)30(49,50)51)24-11-19(31(52,53)54)4-20(12-24)32(55,56)57;1-22(21,14-13-17-7-3-2-4-8-17)16-18-11-12-19-9-5-6-10-20(19)15-18/h1-12H;2-12,15H,16H2,1H3/q-1;+1. The van der Waals surface area contributed by atoms with Gasteiger partial charge in [-0.2, -0.15) is 127 Å². The van der Waals surface area contributed by atoms with Crippen LogP contribution in [-0.4, -0.2) is 12.4 Å². The number of benzene rings is 7. The van der Waals surface area contributed by atoms with Gasteiger partial charge >= 0.3 is 49.4 Å². The van der Waals surface area contributed by atoms with Crippen molar-refractivity contribution in [1.29, 1.82) is 0 Å². The lowest BCUT2D eigenvalue weighted by atomic mass is 9.12. The topological polar surface area (TPSA) is 17.1 Å². The van der Waals surface area contributed by atoms with Crippen molar-refractivity contribution in [2.24, 2.45) is 0 Å². The number of halogens is 24. The normalized spacial score (nSPS) is 14.0. The van der Waals surface area contributed by atoms with E-state index in [1.165, 1.54) is 10.8 Å². The van der Waals surface area contributed by atoms with E-state index in [-0.39, 0.29) is 0 Å². The molecule has 0 aliphatic heterocycles. The Labute approximate surface area is 431 Å². The highest BCUT2D eigenvalue weighted by Crippen LogP contribution is 2.41. The third-order valence-electron chi connectivity index (χ3n) is 11.9. The summed E-state index contributed by atoms with van der Waals surface area (Å²) >= 11 is 0. The lowest BCUT2D eigenvalue weighted by Gasteiger charge is -2.46. The molecule has 0 fully saturated rings. The molecule has 1 nitrogen and oxygen atoms in total. The van der Waals surface area contributed by atoms with Gasteiger partial charge in [0.1, 0.15) is 18.2 Å². The zero-order valence-corrected chi connectivity index (χ0v) is 39.8. The number of hydrogen-bond donors (Lipinski definition) is 0. The molecule has 0 amide bonds. The Bertz CT molecular complexity index is 3040. The van der Waals surface area contributed by atoms with Crippen molar-refractivity contribution < 1.29 is 110 Å². The summed E-state index contributed by atoms with van der Waals surface area (Å²) in [5.41, 5.74) is -28.2. The van der Waals surface area contributed by atoms with Gasteiger partial charge in [-0.25, -0.2) is 0 Å². The van der Waals surface area contributed by atoms with Gasteiger partial charge in [0.25, 0.3) is 0 Å². The smallest absolute Gasteiger partial charge is 0.194 e. The van der Waals surface area contributed by atoms with E-state index in [4.69, 9.17) is 0 Å². The molecular weight excluding hydrogens is 1140 g/mol. The summed E-state index contributed by atoms with van der Waals surface area (Å²) in [5.74, 6) is 3.50. The summed E-state index contributed by atoms with van der Waals surface area (Å²) in [6.45, 7) is 0. The van der Waals surface area contributed by atoms with Crippen molar-refractivity contribution in [3.05, 3.63) is 201 Å². The molecule has 420 valence electrons. The van der Waals surface area contributed by atoms with Gasteiger partial charge < -0.3 is 0 Å². The van der Waals surface area contributed by atoms with Crippen LogP contribution in [0.2, 0.25) is 0 Å². The molecule has 1 unspecified atom stereocenters. The second-order valence-corrected chi connectivity index (χ2v) is 20.1. The Balaban J connectivity index is 0.000000378. The monoisotopic (exact) mass is 1170 g/mol. The number of hydrogen-bond acceptors (Lipinski definition) is 1. The third kappa shape index (κ3) is 14.6. The average molecular weight is 1170 g/mol. The van der Waals surface area contributed by atoms with Crippen molar-refractivity contribution in [2.45, 2.75) is 55.2 Å². The molecule has 7 aromatic rings. The fourth-order valence-corrected chi connectivity index (χ4v) is 9.66. The summed E-state index contributed by atoms with van der Waals surface area (Å²) in [5, 5.41) is 5.32. The lowest BCUT2D eigenvalue weighted by molar-refractivity contribution is -0.144. The van der Waals surface area contributed by atoms with Gasteiger partial charge in [-0.1, -0.05) is 107 Å². The zero-order valence-electron chi connectivity index (χ0n) is 39.0. The van der Waals surface area contributed by atoms with Gasteiger partial charge in [-0.05, 0) is 59.2 Å². The van der Waals surface area contributed by atoms with Gasteiger partial charge in [0.2, 0.25) is 0 Å². The first-order chi connectivity index (χ1) is 35.9. The molecule has 7 aromatic carbocycles. The predicted octanol–water partition coefficient (Wildman–Crippen LogP) is 15.7. The SMILES string of the molecule is C[S+](=O)(C#Cc1ccccc1)Cc1ccc2ccccc2c1.FC(F)(F)c1cc([B-](c2cc(C(F)(F)F)cc(C(F)(F)F)c2)(c2cc(C(F)(F)F)cc(C(F)(F)F)c2)c2cc(C(F)(F)F)cc(C(F)(F)F)c2)cc(C(F)(F)F)c1. The Kier molecular flexibility index (Phi) is 16.4. The summed E-state index contributed by atoms with van der Waals surface area (Å²) in [6.07, 6.45) is -53.1. The molecule has 0 aliphatic carbocycles. The van der Waals surface area contributed by atoms with Crippen molar-refractivity contribution in [2.75, 3.05) is 6.26 Å². The van der Waals surface area contributed by atoms with Crippen molar-refractivity contribution in [3.63, 3.8) is 0 Å². The molecule has 27 heteroatoms. The molecule has 0 radical (unpaired) electrons. The van der Waals surface area contributed by atoms with E-state index in [2.05, 4.69) is 35.4 Å². The molecule has 0 N–H and O–H groups in total. The van der Waals surface area contributed by atoms with E-state index in [0.717, 1.165) is 11.1 Å². The van der Waals surface area contributed by atoms with Crippen LogP contribution in [0.1, 0.15) is 55.6 Å². The van der Waals surface area contributed by atoms with Crippen LogP contribution in [0, 0.1) is 11.2 Å². The molecule has 0 bridgehead atoms. The summed E-state index contributed by atoms with van der Waals surface area (Å²) in [7, 11) is -2.21. The first-order valence-electron chi connectivity index (χ1n) is 21.8. The second-order valence-electron chi connectivity index (χ2n) is 17.6. The molecule has 0 saturated heterocycles. The molecular formula is C52H29BF24OS. The Morgan fingerprint density at radius 3 is 0.886 bits per heavy atom. The molecule has 0 heterocycles. The molecule has 7 rings (SSSR count). The van der Waals surface area contributed by atoms with Crippen LogP contribution in [0.5, 0.6) is 0 Å². The highest BCUT2D eigenvalue weighted by Gasteiger charge is 2.47. The van der Waals surface area contributed by atoms with E-state index in [1.54, 1.807) is 6.26 Å². The first-order valence-corrected chi connectivity index (χ1v) is 23.9. The highest BCUT2D eigenvalue weighted by molar-refractivity contribution is 8.05. The fraction of sp³-hybridized carbons (Fsp3) is 0.192. The molecule has 0 spiro atoms. The maximum absolute atomic E-state index is 14.2. The van der Waals surface area contributed by atoms with Crippen molar-refractivity contribution in [1.82, 2.24) is 0 Å². The van der Waals surface area contributed by atoms with E-state index in [1.807, 2.05) is 48.5 Å². The average Bonchev–Trinajstić information content (AvgIpc) is 3.33. The van der Waals surface area contributed by atoms with Crippen LogP contribution >= 0.6 is 0 Å². The predicted molar refractivity (Wildman–Crippen MR) is 245 cm³/mol.